The van der Waals surface area contributed by atoms with Crippen LogP contribution in [-0.2, 0) is 6.54 Å². The molecule has 2 N–H and O–H groups in total. The van der Waals surface area contributed by atoms with Crippen molar-refractivity contribution in [3.05, 3.63) is 35.1 Å². The van der Waals surface area contributed by atoms with Crippen molar-refractivity contribution in [1.82, 2.24) is 9.80 Å². The van der Waals surface area contributed by atoms with E-state index < -0.39 is 0 Å². The second-order valence-electron chi connectivity index (χ2n) is 6.09. The first-order valence-corrected chi connectivity index (χ1v) is 7.82. The molecule has 0 aromatic heterocycles. The van der Waals surface area contributed by atoms with Gasteiger partial charge in [-0.2, -0.15) is 0 Å². The van der Waals surface area contributed by atoms with E-state index in [1.807, 2.05) is 19.2 Å². The zero-order valence-corrected chi connectivity index (χ0v) is 13.6. The number of nitrogens with two attached hydrogens (primary N) is 1. The Morgan fingerprint density at radius 1 is 1.43 bits per heavy atom. The molecule has 1 aliphatic heterocycles. The highest BCUT2D eigenvalue weighted by Crippen LogP contribution is 2.19. The van der Waals surface area contributed by atoms with Crippen molar-refractivity contribution in [3.8, 4) is 0 Å². The van der Waals surface area contributed by atoms with Crippen molar-refractivity contribution in [2.75, 3.05) is 33.7 Å². The molecule has 1 heterocycles. The molecular formula is C16H24FN3S. The summed E-state index contributed by atoms with van der Waals surface area (Å²) in [7, 11) is 4.21. The van der Waals surface area contributed by atoms with Gasteiger partial charge >= 0.3 is 0 Å². The summed E-state index contributed by atoms with van der Waals surface area (Å²) in [6, 6.07) is 5.26. The van der Waals surface area contributed by atoms with Gasteiger partial charge in [-0.15, -0.1) is 0 Å². The second kappa shape index (κ2) is 7.29. The van der Waals surface area contributed by atoms with E-state index in [2.05, 4.69) is 16.8 Å². The summed E-state index contributed by atoms with van der Waals surface area (Å²) in [6.45, 7) is 3.91. The maximum atomic E-state index is 14.3. The smallest absolute Gasteiger partial charge is 0.137 e. The van der Waals surface area contributed by atoms with Crippen molar-refractivity contribution < 1.29 is 4.39 Å². The van der Waals surface area contributed by atoms with Crippen molar-refractivity contribution >= 4 is 17.2 Å². The number of likely N-dealkylation sites (tertiary alicyclic amines) is 1. The van der Waals surface area contributed by atoms with Gasteiger partial charge < -0.3 is 15.5 Å². The van der Waals surface area contributed by atoms with Crippen LogP contribution < -0.4 is 5.73 Å². The molecule has 21 heavy (non-hydrogen) atoms. The first kappa shape index (κ1) is 16.3. The van der Waals surface area contributed by atoms with Gasteiger partial charge in [0.2, 0.25) is 0 Å². The third-order valence-corrected chi connectivity index (χ3v) is 4.41. The van der Waals surface area contributed by atoms with Crippen LogP contribution in [0.5, 0.6) is 0 Å². The number of nitrogens with zero attached hydrogens (tertiary/aromatic N) is 2. The summed E-state index contributed by atoms with van der Waals surface area (Å²) in [4.78, 5) is 4.67. The second-order valence-corrected chi connectivity index (χ2v) is 6.53. The lowest BCUT2D eigenvalue weighted by molar-refractivity contribution is 0.172. The SMILES string of the molecule is CN1CCC(CN(C)Cc2cccc(C(N)=S)c2F)CC1. The molecule has 1 aromatic rings. The fourth-order valence-electron chi connectivity index (χ4n) is 2.93. The summed E-state index contributed by atoms with van der Waals surface area (Å²) in [5.41, 5.74) is 6.56. The minimum Gasteiger partial charge on any atom is -0.389 e. The lowest BCUT2D eigenvalue weighted by Crippen LogP contribution is -2.35. The molecule has 0 saturated carbocycles. The first-order valence-electron chi connectivity index (χ1n) is 7.41. The number of piperidine rings is 1. The van der Waals surface area contributed by atoms with Crippen molar-refractivity contribution in [2.45, 2.75) is 19.4 Å². The van der Waals surface area contributed by atoms with Gasteiger partial charge in [-0.05, 0) is 52.0 Å². The Labute approximate surface area is 131 Å². The zero-order chi connectivity index (χ0) is 15.4. The predicted octanol–water partition coefficient (Wildman–Crippen LogP) is 2.23. The van der Waals surface area contributed by atoms with E-state index >= 15 is 0 Å². The topological polar surface area (TPSA) is 32.5 Å². The highest BCUT2D eigenvalue weighted by molar-refractivity contribution is 7.80. The van der Waals surface area contributed by atoms with E-state index in [1.165, 1.54) is 12.8 Å². The quantitative estimate of drug-likeness (QED) is 0.846. The molecule has 0 atom stereocenters. The lowest BCUT2D eigenvalue weighted by atomic mass is 9.96. The molecule has 0 amide bonds. The maximum absolute atomic E-state index is 14.3. The molecule has 1 fully saturated rings. The minimum atomic E-state index is -0.278. The predicted molar refractivity (Wildman–Crippen MR) is 88.8 cm³/mol. The van der Waals surface area contributed by atoms with E-state index in [9.17, 15) is 4.39 Å². The molecule has 5 heteroatoms. The normalized spacial score (nSPS) is 17.3. The number of thiocarbonyl (C=S) groups is 1. The first-order chi connectivity index (χ1) is 9.97. The van der Waals surface area contributed by atoms with Gasteiger partial charge in [0.15, 0.2) is 0 Å². The van der Waals surface area contributed by atoms with Gasteiger partial charge in [0, 0.05) is 24.2 Å². The highest BCUT2D eigenvalue weighted by atomic mass is 32.1. The highest BCUT2D eigenvalue weighted by Gasteiger charge is 2.19. The molecule has 0 radical (unpaired) electrons. The van der Waals surface area contributed by atoms with Crippen LogP contribution >= 0.6 is 12.2 Å². The summed E-state index contributed by atoms with van der Waals surface area (Å²) >= 11 is 4.88. The Balaban J connectivity index is 1.95. The van der Waals surface area contributed by atoms with Crippen molar-refractivity contribution in [2.24, 2.45) is 11.7 Å². The summed E-state index contributed by atoms with van der Waals surface area (Å²) in [6.07, 6.45) is 2.44. The number of hydrogen-bond acceptors (Lipinski definition) is 3. The molecular weight excluding hydrogens is 285 g/mol. The molecule has 116 valence electrons. The standard InChI is InChI=1S/C16H24FN3S/c1-19-8-6-12(7-9-19)10-20(2)11-13-4-3-5-14(15(13)17)16(18)21/h3-5,12H,6-11H2,1-2H3,(H2,18,21). The molecule has 1 aliphatic rings. The number of halogens is 1. The summed E-state index contributed by atoms with van der Waals surface area (Å²) in [5, 5.41) is 0. The van der Waals surface area contributed by atoms with Crippen LogP contribution in [0.15, 0.2) is 18.2 Å². The monoisotopic (exact) mass is 309 g/mol. The zero-order valence-electron chi connectivity index (χ0n) is 12.8. The van der Waals surface area contributed by atoms with Gasteiger partial charge in [0.25, 0.3) is 0 Å². The Morgan fingerprint density at radius 3 is 2.71 bits per heavy atom. The van der Waals surface area contributed by atoms with Gasteiger partial charge in [-0.1, -0.05) is 24.4 Å². The van der Waals surface area contributed by atoms with Crippen LogP contribution in [0.3, 0.4) is 0 Å². The van der Waals surface area contributed by atoms with Crippen molar-refractivity contribution in [3.63, 3.8) is 0 Å². The van der Waals surface area contributed by atoms with E-state index in [0.717, 1.165) is 19.6 Å². The molecule has 0 bridgehead atoms. The Morgan fingerprint density at radius 2 is 2.10 bits per heavy atom. The largest absolute Gasteiger partial charge is 0.389 e. The van der Waals surface area contributed by atoms with Crippen LogP contribution in [0.25, 0.3) is 0 Å². The number of rotatable bonds is 5. The molecule has 3 nitrogen and oxygen atoms in total. The van der Waals surface area contributed by atoms with Gasteiger partial charge in [0.05, 0.1) is 0 Å². The fraction of sp³-hybridized carbons (Fsp3) is 0.562. The van der Waals surface area contributed by atoms with Crippen LogP contribution in [0.4, 0.5) is 4.39 Å². The van der Waals surface area contributed by atoms with Crippen molar-refractivity contribution in [1.29, 1.82) is 0 Å². The van der Waals surface area contributed by atoms with Gasteiger partial charge in [-0.25, -0.2) is 4.39 Å². The van der Waals surface area contributed by atoms with Crippen LogP contribution in [0.2, 0.25) is 0 Å². The lowest BCUT2D eigenvalue weighted by Gasteiger charge is -2.31. The average Bonchev–Trinajstić information content (AvgIpc) is 2.43. The van der Waals surface area contributed by atoms with Crippen LogP contribution in [0, 0.1) is 11.7 Å². The molecule has 1 aromatic carbocycles. The molecule has 0 spiro atoms. The number of benzene rings is 1. The van der Waals surface area contributed by atoms with Crippen LogP contribution in [-0.4, -0.2) is 48.5 Å². The average molecular weight is 309 g/mol. The fourth-order valence-corrected chi connectivity index (χ4v) is 3.09. The minimum absolute atomic E-state index is 0.118. The van der Waals surface area contributed by atoms with E-state index in [0.29, 0.717) is 23.6 Å². The van der Waals surface area contributed by atoms with E-state index in [1.54, 1.807) is 6.07 Å². The number of hydrogen-bond donors (Lipinski definition) is 1. The summed E-state index contributed by atoms with van der Waals surface area (Å²) in [5.74, 6) is 0.424. The summed E-state index contributed by atoms with van der Waals surface area (Å²) < 4.78 is 14.3. The molecule has 0 unspecified atom stereocenters. The van der Waals surface area contributed by atoms with Gasteiger partial charge in [-0.3, -0.25) is 0 Å². The van der Waals surface area contributed by atoms with Crippen LogP contribution in [0.1, 0.15) is 24.0 Å². The Kier molecular flexibility index (Phi) is 5.67. The molecule has 1 saturated heterocycles. The Hall–Kier alpha value is -1.04. The molecule has 2 rings (SSSR count). The third-order valence-electron chi connectivity index (χ3n) is 4.19. The van der Waals surface area contributed by atoms with Gasteiger partial charge in [0.1, 0.15) is 10.8 Å². The maximum Gasteiger partial charge on any atom is 0.137 e. The van der Waals surface area contributed by atoms with E-state index in [4.69, 9.17) is 18.0 Å². The molecule has 0 aliphatic carbocycles. The Bertz CT molecular complexity index is 498. The third kappa shape index (κ3) is 4.46. The van der Waals surface area contributed by atoms with E-state index in [-0.39, 0.29) is 10.8 Å².